The monoisotopic (exact) mass is 694 g/mol. The smallest absolute Gasteiger partial charge is 0.218 e. The van der Waals surface area contributed by atoms with Crippen LogP contribution < -0.4 is 9.64 Å². The molecule has 1 unspecified atom stereocenters. The number of rotatable bonds is 11. The summed E-state index contributed by atoms with van der Waals surface area (Å²) in [5, 5.41) is 1.37. The number of methoxy groups -OCH3 is 2. The first-order chi connectivity index (χ1) is 22.8. The first kappa shape index (κ1) is 35.8. The molecule has 0 saturated heterocycles. The van der Waals surface area contributed by atoms with E-state index in [1.165, 1.54) is 25.6 Å². The van der Waals surface area contributed by atoms with E-state index in [0.29, 0.717) is 49.9 Å². The van der Waals surface area contributed by atoms with Crippen molar-refractivity contribution in [3.8, 4) is 28.5 Å². The Labute approximate surface area is 285 Å². The van der Waals surface area contributed by atoms with E-state index in [1.54, 1.807) is 25.3 Å². The molecule has 1 aliphatic rings. The third kappa shape index (κ3) is 6.45. The zero-order chi connectivity index (χ0) is 35.1. The van der Waals surface area contributed by atoms with E-state index in [0.717, 1.165) is 6.42 Å². The fourth-order valence-electron chi connectivity index (χ4n) is 7.12. The molecule has 5 rings (SSSR count). The molecule has 0 radical (unpaired) electrons. The maximum absolute atomic E-state index is 17.0. The molecule has 2 heterocycles. The first-order valence-corrected chi connectivity index (χ1v) is 19.9. The van der Waals surface area contributed by atoms with Crippen LogP contribution in [0.3, 0.4) is 0 Å². The molecule has 1 fully saturated rings. The summed E-state index contributed by atoms with van der Waals surface area (Å²) >= 11 is 0. The van der Waals surface area contributed by atoms with Gasteiger partial charge in [-0.2, -0.15) is 0 Å². The molecule has 4 aromatic rings. The van der Waals surface area contributed by atoms with Gasteiger partial charge in [-0.1, -0.05) is 53.5 Å². The van der Waals surface area contributed by atoms with Gasteiger partial charge in [-0.25, -0.2) is 23.7 Å². The molecule has 0 aliphatic heterocycles. The Hall–Kier alpha value is -3.50. The van der Waals surface area contributed by atoms with Crippen LogP contribution in [0.1, 0.15) is 53.5 Å². The van der Waals surface area contributed by atoms with Crippen molar-refractivity contribution in [3.05, 3.63) is 47.7 Å². The van der Waals surface area contributed by atoms with Crippen molar-refractivity contribution in [2.45, 2.75) is 81.9 Å². The molecule has 12 heteroatoms. The van der Waals surface area contributed by atoms with Gasteiger partial charge in [0.15, 0.2) is 12.6 Å². The van der Waals surface area contributed by atoms with Gasteiger partial charge in [-0.3, -0.25) is 4.21 Å². The Morgan fingerprint density at radius 1 is 1.06 bits per heavy atom. The minimum Gasteiger partial charge on any atom is -0.468 e. The van der Waals surface area contributed by atoms with Gasteiger partial charge in [0, 0.05) is 44.7 Å². The normalized spacial score (nSPS) is 16.9. The molecule has 0 spiro atoms. The standard InChI is InChI=1S/C36H44F2N4O4SSi/c1-20(2)48(21(3)4,22(5)6)14-13-25-28(37)12-11-23-15-24(46-19-44-8)16-26(31(23)25)33-32(38)34-27(18-39-36(41-34)47(10)43)35(40-33)42(7)29-17-30(29)45-9/h11-12,15-16,18,20-22,29-30H,17,19H2,1-10H3/t29-,30-,47?/m1/s1. The lowest BCUT2D eigenvalue weighted by Crippen LogP contribution is -2.43. The van der Waals surface area contributed by atoms with Gasteiger partial charge in [0.1, 0.15) is 36.7 Å². The topological polar surface area (TPSA) is 86.7 Å². The van der Waals surface area contributed by atoms with Crippen molar-refractivity contribution in [3.63, 3.8) is 0 Å². The highest BCUT2D eigenvalue weighted by molar-refractivity contribution is 7.84. The van der Waals surface area contributed by atoms with Gasteiger partial charge in [0.05, 0.1) is 33.9 Å². The molecule has 0 bridgehead atoms. The summed E-state index contributed by atoms with van der Waals surface area (Å²) < 4.78 is 62.0. The van der Waals surface area contributed by atoms with Gasteiger partial charge >= 0.3 is 0 Å². The van der Waals surface area contributed by atoms with Gasteiger partial charge < -0.3 is 19.1 Å². The lowest BCUT2D eigenvalue weighted by Gasteiger charge is -2.38. The number of aromatic nitrogens is 3. The summed E-state index contributed by atoms with van der Waals surface area (Å²) in [5.74, 6) is 2.85. The second-order valence-corrected chi connectivity index (χ2v) is 20.2. The highest BCUT2D eigenvalue weighted by atomic mass is 32.2. The Morgan fingerprint density at radius 3 is 2.33 bits per heavy atom. The second kappa shape index (κ2) is 14.2. The molecule has 1 saturated carbocycles. The number of ether oxygens (including phenoxy) is 3. The van der Waals surface area contributed by atoms with Crippen LogP contribution in [0.4, 0.5) is 14.6 Å². The Morgan fingerprint density at radius 2 is 1.75 bits per heavy atom. The van der Waals surface area contributed by atoms with Crippen LogP contribution >= 0.6 is 0 Å². The van der Waals surface area contributed by atoms with Crippen LogP contribution in [0.2, 0.25) is 16.6 Å². The number of benzene rings is 2. The molecule has 0 N–H and O–H groups in total. The van der Waals surface area contributed by atoms with E-state index >= 15 is 8.78 Å². The van der Waals surface area contributed by atoms with Gasteiger partial charge in [0.25, 0.3) is 0 Å². The molecule has 2 aromatic carbocycles. The predicted octanol–water partition coefficient (Wildman–Crippen LogP) is 7.64. The molecule has 0 amide bonds. The van der Waals surface area contributed by atoms with Crippen LogP contribution in [-0.2, 0) is 20.3 Å². The zero-order valence-corrected chi connectivity index (χ0v) is 31.1. The predicted molar refractivity (Wildman–Crippen MR) is 191 cm³/mol. The quantitative estimate of drug-likeness (QED) is 0.0686. The number of hydrogen-bond donors (Lipinski definition) is 0. The maximum atomic E-state index is 17.0. The maximum Gasteiger partial charge on any atom is 0.218 e. The minimum absolute atomic E-state index is 0.00263. The van der Waals surface area contributed by atoms with Crippen LogP contribution in [0.15, 0.2) is 35.6 Å². The number of hydrogen-bond acceptors (Lipinski definition) is 8. The molecule has 256 valence electrons. The molecular formula is C36H44F2N4O4SSi. The molecule has 2 aromatic heterocycles. The molecular weight excluding hydrogens is 651 g/mol. The second-order valence-electron chi connectivity index (χ2n) is 13.3. The number of anilines is 1. The van der Waals surface area contributed by atoms with Crippen LogP contribution in [0, 0.1) is 23.1 Å². The van der Waals surface area contributed by atoms with Gasteiger partial charge in [0.2, 0.25) is 5.16 Å². The largest absolute Gasteiger partial charge is 0.468 e. The number of nitrogens with zero attached hydrogens (tertiary/aromatic N) is 4. The zero-order valence-electron chi connectivity index (χ0n) is 29.3. The van der Waals surface area contributed by atoms with Crippen LogP contribution in [-0.4, -0.2) is 73.7 Å². The van der Waals surface area contributed by atoms with Crippen molar-refractivity contribution < 1.29 is 27.2 Å². The third-order valence-corrected chi connectivity index (χ3v) is 16.6. The molecule has 8 nitrogen and oxygen atoms in total. The average Bonchev–Trinajstić information content (AvgIpc) is 3.84. The van der Waals surface area contributed by atoms with Crippen molar-refractivity contribution >= 4 is 46.4 Å². The summed E-state index contributed by atoms with van der Waals surface area (Å²) in [6.07, 6.45) is 3.64. The summed E-state index contributed by atoms with van der Waals surface area (Å²) in [6.45, 7) is 13.1. The number of pyridine rings is 1. The molecule has 48 heavy (non-hydrogen) atoms. The van der Waals surface area contributed by atoms with E-state index in [9.17, 15) is 4.21 Å². The van der Waals surface area contributed by atoms with Crippen LogP contribution in [0.5, 0.6) is 5.75 Å². The molecule has 1 aliphatic carbocycles. The van der Waals surface area contributed by atoms with E-state index < -0.39 is 30.5 Å². The Balaban J connectivity index is 1.89. The van der Waals surface area contributed by atoms with Crippen molar-refractivity contribution in [2.24, 2.45) is 0 Å². The van der Waals surface area contributed by atoms with Crippen LogP contribution in [0.25, 0.3) is 32.9 Å². The van der Waals surface area contributed by atoms with E-state index in [4.69, 9.17) is 19.2 Å². The Bertz CT molecular complexity index is 1920. The van der Waals surface area contributed by atoms with Gasteiger partial charge in [-0.05, 0) is 46.6 Å². The molecule has 3 atom stereocenters. The Kier molecular flexibility index (Phi) is 10.6. The van der Waals surface area contributed by atoms with E-state index in [2.05, 4.69) is 63.0 Å². The summed E-state index contributed by atoms with van der Waals surface area (Å²) in [5.41, 5.74) is 4.98. The third-order valence-electron chi connectivity index (χ3n) is 9.64. The number of fused-ring (bicyclic) bond motifs is 2. The fraction of sp³-hybridized carbons (Fsp3) is 0.472. The highest BCUT2D eigenvalue weighted by Gasteiger charge is 2.43. The minimum atomic E-state index is -2.27. The van der Waals surface area contributed by atoms with Crippen molar-refractivity contribution in [1.82, 2.24) is 15.0 Å². The lowest BCUT2D eigenvalue weighted by molar-refractivity contribution is 0.0512. The van der Waals surface area contributed by atoms with E-state index in [-0.39, 0.29) is 40.9 Å². The first-order valence-electron chi connectivity index (χ1n) is 16.1. The fourth-order valence-corrected chi connectivity index (χ4v) is 12.8. The summed E-state index contributed by atoms with van der Waals surface area (Å²) in [7, 11) is 1.18. The summed E-state index contributed by atoms with van der Waals surface area (Å²) in [4.78, 5) is 15.5. The van der Waals surface area contributed by atoms with Crippen molar-refractivity contribution in [2.75, 3.05) is 39.2 Å². The average molecular weight is 695 g/mol. The summed E-state index contributed by atoms with van der Waals surface area (Å²) in [6, 6.07) is 6.42. The highest BCUT2D eigenvalue weighted by Crippen LogP contribution is 2.43. The van der Waals surface area contributed by atoms with Gasteiger partial charge in [-0.15, -0.1) is 5.54 Å². The van der Waals surface area contributed by atoms with Crippen molar-refractivity contribution in [1.29, 1.82) is 0 Å². The number of likely N-dealkylation sites (N-methyl/N-ethyl adjacent to an activating group) is 1. The SMILES string of the molecule is COCOc1cc(-c2nc(N(C)[C@@H]3C[C@H]3OC)c3cnc(S(C)=O)nc3c2F)c2c(C#C[Si](C(C)C)(C(C)C)C(C)C)c(F)ccc2c1. The van der Waals surface area contributed by atoms with E-state index in [1.807, 2.05) is 11.9 Å². The number of halogens is 2. The lowest BCUT2D eigenvalue weighted by atomic mass is 9.95.